The molecule has 2 aromatic rings. The zero-order valence-corrected chi connectivity index (χ0v) is 13.6. The molecular formula is C17H20N4O3. The lowest BCUT2D eigenvalue weighted by molar-refractivity contribution is -0.133. The summed E-state index contributed by atoms with van der Waals surface area (Å²) >= 11 is 0. The molecule has 1 aliphatic heterocycles. The number of anilines is 1. The third kappa shape index (κ3) is 2.81. The number of amides is 1. The van der Waals surface area contributed by atoms with Crippen molar-refractivity contribution in [1.29, 1.82) is 0 Å². The third-order valence-corrected chi connectivity index (χ3v) is 4.72. The van der Waals surface area contributed by atoms with Crippen molar-refractivity contribution in [2.75, 3.05) is 38.2 Å². The molecule has 7 nitrogen and oxygen atoms in total. The fourth-order valence-corrected chi connectivity index (χ4v) is 3.24. The van der Waals surface area contributed by atoms with Gasteiger partial charge in [-0.1, -0.05) is 0 Å². The summed E-state index contributed by atoms with van der Waals surface area (Å²) in [5.41, 5.74) is 0. The highest BCUT2D eigenvalue weighted by Gasteiger charge is 2.47. The summed E-state index contributed by atoms with van der Waals surface area (Å²) in [5.74, 6) is 2.71. The zero-order chi connectivity index (χ0) is 16.5. The highest BCUT2D eigenvalue weighted by atomic mass is 16.5. The minimum atomic E-state index is 0.0794. The fourth-order valence-electron chi connectivity index (χ4n) is 3.24. The SMILES string of the molecule is COc1ccnc(N2CCN(C(=O)[C@H]3C[C@@H]3c3ccco3)CC2)n1. The van der Waals surface area contributed by atoms with Crippen LogP contribution in [0.3, 0.4) is 0 Å². The summed E-state index contributed by atoms with van der Waals surface area (Å²) in [6.45, 7) is 2.86. The van der Waals surface area contributed by atoms with Gasteiger partial charge in [-0.05, 0) is 18.6 Å². The number of hydrogen-bond donors (Lipinski definition) is 0. The lowest BCUT2D eigenvalue weighted by Crippen LogP contribution is -2.49. The van der Waals surface area contributed by atoms with E-state index in [2.05, 4.69) is 14.9 Å². The fraction of sp³-hybridized carbons (Fsp3) is 0.471. The van der Waals surface area contributed by atoms with Gasteiger partial charge in [-0.2, -0.15) is 4.98 Å². The number of aromatic nitrogens is 2. The Morgan fingerprint density at radius 2 is 2.12 bits per heavy atom. The summed E-state index contributed by atoms with van der Waals surface area (Å²) < 4.78 is 10.6. The molecule has 2 aliphatic rings. The molecule has 0 spiro atoms. The van der Waals surface area contributed by atoms with Crippen molar-refractivity contribution in [2.24, 2.45) is 5.92 Å². The second kappa shape index (κ2) is 6.14. The van der Waals surface area contributed by atoms with Crippen molar-refractivity contribution in [3.63, 3.8) is 0 Å². The summed E-state index contributed by atoms with van der Waals surface area (Å²) in [5, 5.41) is 0. The van der Waals surface area contributed by atoms with Crippen LogP contribution in [0, 0.1) is 5.92 Å². The quantitative estimate of drug-likeness (QED) is 0.847. The number of hydrogen-bond acceptors (Lipinski definition) is 6. The molecule has 2 fully saturated rings. The Bertz CT molecular complexity index is 710. The van der Waals surface area contributed by atoms with Crippen molar-refractivity contribution in [3.8, 4) is 5.88 Å². The number of carbonyl (C=O) groups is 1. The topological polar surface area (TPSA) is 71.7 Å². The van der Waals surface area contributed by atoms with Crippen LogP contribution < -0.4 is 9.64 Å². The van der Waals surface area contributed by atoms with Crippen molar-refractivity contribution in [2.45, 2.75) is 12.3 Å². The van der Waals surface area contributed by atoms with Gasteiger partial charge in [0, 0.05) is 50.3 Å². The molecule has 1 amide bonds. The van der Waals surface area contributed by atoms with Crippen molar-refractivity contribution >= 4 is 11.9 Å². The number of ether oxygens (including phenoxy) is 1. The smallest absolute Gasteiger partial charge is 0.228 e. The number of nitrogens with zero attached hydrogens (tertiary/aromatic N) is 4. The van der Waals surface area contributed by atoms with Crippen LogP contribution in [0.15, 0.2) is 35.1 Å². The van der Waals surface area contributed by atoms with Crippen LogP contribution in [0.2, 0.25) is 0 Å². The molecule has 1 saturated carbocycles. The molecule has 126 valence electrons. The van der Waals surface area contributed by atoms with E-state index >= 15 is 0 Å². The molecule has 3 heterocycles. The normalized spacial score (nSPS) is 23.2. The van der Waals surface area contributed by atoms with Gasteiger partial charge in [-0.3, -0.25) is 4.79 Å². The van der Waals surface area contributed by atoms with Gasteiger partial charge in [-0.25, -0.2) is 4.98 Å². The Kier molecular flexibility index (Phi) is 3.84. The molecule has 0 bridgehead atoms. The molecule has 0 N–H and O–H groups in total. The van der Waals surface area contributed by atoms with E-state index < -0.39 is 0 Å². The third-order valence-electron chi connectivity index (χ3n) is 4.72. The van der Waals surface area contributed by atoms with Gasteiger partial charge in [-0.15, -0.1) is 0 Å². The minimum absolute atomic E-state index is 0.0794. The number of piperazine rings is 1. The highest BCUT2D eigenvalue weighted by Crippen LogP contribution is 2.48. The molecule has 2 aromatic heterocycles. The number of methoxy groups -OCH3 is 1. The lowest BCUT2D eigenvalue weighted by atomic mass is 10.2. The Hall–Kier alpha value is -2.57. The van der Waals surface area contributed by atoms with Gasteiger partial charge in [0.25, 0.3) is 0 Å². The van der Waals surface area contributed by atoms with Crippen LogP contribution in [0.1, 0.15) is 18.1 Å². The molecule has 0 aromatic carbocycles. The predicted molar refractivity (Wildman–Crippen MR) is 86.9 cm³/mol. The van der Waals surface area contributed by atoms with Crippen molar-refractivity contribution in [1.82, 2.24) is 14.9 Å². The molecule has 1 saturated heterocycles. The first-order valence-corrected chi connectivity index (χ1v) is 8.20. The van der Waals surface area contributed by atoms with Gasteiger partial charge in [0.1, 0.15) is 5.76 Å². The average molecular weight is 328 g/mol. The number of carbonyl (C=O) groups excluding carboxylic acids is 1. The van der Waals surface area contributed by atoms with E-state index in [0.717, 1.165) is 25.3 Å². The Balaban J connectivity index is 1.34. The van der Waals surface area contributed by atoms with E-state index in [1.165, 1.54) is 0 Å². The molecule has 7 heteroatoms. The van der Waals surface area contributed by atoms with Crippen LogP contribution >= 0.6 is 0 Å². The van der Waals surface area contributed by atoms with E-state index in [4.69, 9.17) is 9.15 Å². The lowest BCUT2D eigenvalue weighted by Gasteiger charge is -2.35. The molecular weight excluding hydrogens is 308 g/mol. The molecule has 1 aliphatic carbocycles. The molecule has 4 rings (SSSR count). The molecule has 24 heavy (non-hydrogen) atoms. The Morgan fingerprint density at radius 3 is 2.83 bits per heavy atom. The minimum Gasteiger partial charge on any atom is -0.481 e. The Labute approximate surface area is 140 Å². The number of rotatable bonds is 4. The first-order chi connectivity index (χ1) is 11.8. The Morgan fingerprint density at radius 1 is 1.29 bits per heavy atom. The first kappa shape index (κ1) is 15.0. The maximum atomic E-state index is 12.6. The van der Waals surface area contributed by atoms with Gasteiger partial charge in [0.05, 0.1) is 13.4 Å². The summed E-state index contributed by atoms with van der Waals surface area (Å²) in [4.78, 5) is 25.3. The second-order valence-corrected chi connectivity index (χ2v) is 6.18. The first-order valence-electron chi connectivity index (χ1n) is 8.20. The van der Waals surface area contributed by atoms with Gasteiger partial charge >= 0.3 is 0 Å². The van der Waals surface area contributed by atoms with E-state index in [0.29, 0.717) is 24.9 Å². The van der Waals surface area contributed by atoms with E-state index in [9.17, 15) is 4.79 Å². The van der Waals surface area contributed by atoms with Crippen LogP contribution in [0.4, 0.5) is 5.95 Å². The average Bonchev–Trinajstić information content (AvgIpc) is 3.26. The maximum absolute atomic E-state index is 12.6. The van der Waals surface area contributed by atoms with Crippen LogP contribution in [0.5, 0.6) is 5.88 Å². The van der Waals surface area contributed by atoms with Gasteiger partial charge < -0.3 is 19.0 Å². The van der Waals surface area contributed by atoms with Gasteiger partial charge in [0.15, 0.2) is 0 Å². The number of furan rings is 1. The van der Waals surface area contributed by atoms with Crippen LogP contribution in [-0.2, 0) is 4.79 Å². The highest BCUT2D eigenvalue weighted by molar-refractivity contribution is 5.83. The van der Waals surface area contributed by atoms with Crippen molar-refractivity contribution in [3.05, 3.63) is 36.4 Å². The van der Waals surface area contributed by atoms with Gasteiger partial charge in [0.2, 0.25) is 17.7 Å². The summed E-state index contributed by atoms with van der Waals surface area (Å²) in [6.07, 6.45) is 4.25. The van der Waals surface area contributed by atoms with E-state index in [1.54, 1.807) is 25.6 Å². The maximum Gasteiger partial charge on any atom is 0.228 e. The standard InChI is InChI=1S/C17H20N4O3/c1-23-15-4-5-18-17(19-15)21-8-6-20(7-9-21)16(22)13-11-12(13)14-3-2-10-24-14/h2-5,10,12-13H,6-9,11H2,1H3/t12-,13-/m0/s1. The zero-order valence-electron chi connectivity index (χ0n) is 13.6. The molecule has 2 atom stereocenters. The predicted octanol–water partition coefficient (Wildman–Crippen LogP) is 1.53. The summed E-state index contributed by atoms with van der Waals surface area (Å²) in [6, 6.07) is 5.56. The second-order valence-electron chi connectivity index (χ2n) is 6.18. The monoisotopic (exact) mass is 328 g/mol. The molecule has 0 radical (unpaired) electrons. The largest absolute Gasteiger partial charge is 0.481 e. The molecule has 0 unspecified atom stereocenters. The van der Waals surface area contributed by atoms with Crippen LogP contribution in [0.25, 0.3) is 0 Å². The summed E-state index contributed by atoms with van der Waals surface area (Å²) in [7, 11) is 1.59. The van der Waals surface area contributed by atoms with Crippen LogP contribution in [-0.4, -0.2) is 54.1 Å². The van der Waals surface area contributed by atoms with E-state index in [1.807, 2.05) is 17.0 Å². The van der Waals surface area contributed by atoms with Crippen molar-refractivity contribution < 1.29 is 13.9 Å². The van der Waals surface area contributed by atoms with E-state index in [-0.39, 0.29) is 17.7 Å².